The van der Waals surface area contributed by atoms with Gasteiger partial charge in [-0.3, -0.25) is 9.59 Å². The fourth-order valence-corrected chi connectivity index (χ4v) is 5.02. The van der Waals surface area contributed by atoms with Gasteiger partial charge in [0.25, 0.3) is 0 Å². The Morgan fingerprint density at radius 2 is 1.88 bits per heavy atom. The molecule has 0 bridgehead atoms. The Morgan fingerprint density at radius 3 is 2.59 bits per heavy atom. The minimum Gasteiger partial charge on any atom is -0.504 e. The summed E-state index contributed by atoms with van der Waals surface area (Å²) in [7, 11) is 2.84. The van der Waals surface area contributed by atoms with Crippen LogP contribution in [0.15, 0.2) is 62.2 Å². The second-order valence-corrected chi connectivity index (χ2v) is 8.25. The number of phenolic OH excluding ortho intramolecular Hbond substituents is 1. The number of Topliss-reactive ketones (excluding diaryl/α,β-unsaturated/α-hetero) is 1. The number of rotatable bonds is 2. The van der Waals surface area contributed by atoms with Crippen molar-refractivity contribution in [2.75, 3.05) is 7.11 Å². The zero-order chi connectivity index (χ0) is 22.9. The summed E-state index contributed by atoms with van der Waals surface area (Å²) in [5.41, 5.74) is 1.57. The van der Waals surface area contributed by atoms with Gasteiger partial charge in [-0.25, -0.2) is 23.5 Å². The lowest BCUT2D eigenvalue weighted by molar-refractivity contribution is -0.116. The van der Waals surface area contributed by atoms with E-state index in [1.165, 1.54) is 35.7 Å². The molecule has 0 unspecified atom stereocenters. The highest BCUT2D eigenvalue weighted by atomic mass is 16.5. The van der Waals surface area contributed by atoms with Crippen LogP contribution < -0.4 is 16.1 Å². The van der Waals surface area contributed by atoms with Gasteiger partial charge in [0.2, 0.25) is 0 Å². The van der Waals surface area contributed by atoms with Crippen molar-refractivity contribution in [1.29, 1.82) is 0 Å². The first-order valence-electron chi connectivity index (χ1n) is 10.2. The van der Waals surface area contributed by atoms with E-state index >= 15 is 0 Å². The third kappa shape index (κ3) is 2.57. The van der Waals surface area contributed by atoms with Crippen molar-refractivity contribution in [3.05, 3.63) is 79.2 Å². The first kappa shape index (κ1) is 20.0. The Hall–Kier alpha value is -3.88. The average Bonchev–Trinajstić information content (AvgIpc) is 3.00. The van der Waals surface area contributed by atoms with E-state index in [1.54, 1.807) is 19.1 Å². The van der Waals surface area contributed by atoms with Crippen LogP contribution in [0, 0.1) is 0 Å². The van der Waals surface area contributed by atoms with E-state index in [0.717, 1.165) is 10.1 Å². The van der Waals surface area contributed by atoms with Crippen LogP contribution in [0.2, 0.25) is 0 Å². The minimum absolute atomic E-state index is 0.0506. The third-order valence-electron chi connectivity index (χ3n) is 6.56. The monoisotopic (exact) mass is 435 g/mol. The van der Waals surface area contributed by atoms with Gasteiger partial charge < -0.3 is 9.84 Å². The lowest BCUT2D eigenvalue weighted by Gasteiger charge is -2.39. The number of allylic oxidation sites excluding steroid dienone is 6. The van der Waals surface area contributed by atoms with E-state index in [2.05, 4.69) is 0 Å². The predicted octanol–water partition coefficient (Wildman–Crippen LogP) is 1.13. The zero-order valence-corrected chi connectivity index (χ0v) is 17.8. The highest BCUT2D eigenvalue weighted by molar-refractivity contribution is 6.23. The van der Waals surface area contributed by atoms with E-state index in [-0.39, 0.29) is 36.0 Å². The topological polar surface area (TPSA) is 113 Å². The number of aromatic hydroxyl groups is 1. The van der Waals surface area contributed by atoms with Crippen LogP contribution in [0.4, 0.5) is 0 Å². The number of hydrogen-bond acceptors (Lipinski definition) is 6. The molecule has 0 saturated heterocycles. The van der Waals surface area contributed by atoms with Crippen LogP contribution in [0.5, 0.6) is 11.5 Å². The molecule has 0 saturated carbocycles. The summed E-state index contributed by atoms with van der Waals surface area (Å²) in [5.74, 6) is -0.923. The number of benzene rings is 1. The van der Waals surface area contributed by atoms with Crippen molar-refractivity contribution in [1.82, 2.24) is 13.9 Å². The lowest BCUT2D eigenvalue weighted by atomic mass is 9.68. The smallest absolute Gasteiger partial charge is 0.347 e. The molecule has 1 aliphatic heterocycles. The molecule has 1 N–H and O–H groups in total. The Kier molecular flexibility index (Phi) is 4.27. The first-order valence-corrected chi connectivity index (χ1v) is 10.2. The van der Waals surface area contributed by atoms with Crippen LogP contribution in [-0.4, -0.2) is 37.7 Å². The fraction of sp³-hybridized carbons (Fsp3) is 0.304. The average molecular weight is 435 g/mol. The predicted molar refractivity (Wildman–Crippen MR) is 114 cm³/mol. The molecule has 2 aliphatic carbocycles. The number of carbonyl (C=O) groups is 2. The van der Waals surface area contributed by atoms with Crippen LogP contribution in [0.25, 0.3) is 0 Å². The molecule has 1 aromatic heterocycles. The summed E-state index contributed by atoms with van der Waals surface area (Å²) in [6.07, 6.45) is 3.34. The Balaban J connectivity index is 1.79. The number of hydrogen-bond donors (Lipinski definition) is 1. The van der Waals surface area contributed by atoms with E-state index < -0.39 is 23.3 Å². The highest BCUT2D eigenvalue weighted by Gasteiger charge is 2.44. The number of ether oxygens (including phenoxy) is 1. The van der Waals surface area contributed by atoms with Gasteiger partial charge in [0.15, 0.2) is 23.1 Å². The summed E-state index contributed by atoms with van der Waals surface area (Å²) >= 11 is 0. The number of phenols is 1. The van der Waals surface area contributed by atoms with E-state index in [0.29, 0.717) is 22.3 Å². The maximum absolute atomic E-state index is 13.1. The lowest BCUT2D eigenvalue weighted by Crippen LogP contribution is -2.40. The number of nitrogens with zero attached hydrogens (tertiary/aromatic N) is 3. The molecular formula is C23H21N3O6. The number of aromatic nitrogens is 3. The molecule has 0 spiro atoms. The third-order valence-corrected chi connectivity index (χ3v) is 6.56. The number of methoxy groups -OCH3 is 1. The molecule has 32 heavy (non-hydrogen) atoms. The standard InChI is InChI=1S/C23H21N3O6/c1-11-8-17(28)20-14(21(11)29)10-15-13(6-7-25-22(30)24(2)23(31)26(15)25)19(20)12-4-5-16(27)18(9-12)32-3/h4-6,8-9,15,19,27H,7,10H2,1-3H3/t15-,19+/m1/s1. The van der Waals surface area contributed by atoms with Crippen molar-refractivity contribution in [3.63, 3.8) is 0 Å². The van der Waals surface area contributed by atoms with Gasteiger partial charge in [-0.05, 0) is 36.3 Å². The van der Waals surface area contributed by atoms with Crippen LogP contribution in [0.1, 0.15) is 30.9 Å². The second-order valence-electron chi connectivity index (χ2n) is 8.25. The molecule has 0 amide bonds. The van der Waals surface area contributed by atoms with Gasteiger partial charge in [0.1, 0.15) is 0 Å². The quantitative estimate of drug-likeness (QED) is 0.559. The SMILES string of the molecule is COc1cc([C@H]2C3=CCn4c(=O)n(C)c(=O)n4[C@@H]3CC3=C2C(=O)C=C(C)C3=O)ccc1O. The van der Waals surface area contributed by atoms with E-state index in [4.69, 9.17) is 4.74 Å². The molecule has 164 valence electrons. The van der Waals surface area contributed by atoms with E-state index in [1.807, 2.05) is 6.08 Å². The molecule has 2 heterocycles. The number of carbonyl (C=O) groups excluding carboxylic acids is 2. The van der Waals surface area contributed by atoms with Crippen molar-refractivity contribution in [2.24, 2.45) is 7.05 Å². The van der Waals surface area contributed by atoms with Gasteiger partial charge >= 0.3 is 11.4 Å². The maximum atomic E-state index is 13.1. The largest absolute Gasteiger partial charge is 0.504 e. The first-order chi connectivity index (χ1) is 15.2. The highest BCUT2D eigenvalue weighted by Crippen LogP contribution is 2.50. The molecule has 0 fully saturated rings. The molecule has 2 aromatic rings. The number of ketones is 2. The second kappa shape index (κ2) is 6.81. The molecule has 1 aromatic carbocycles. The molecule has 9 nitrogen and oxygen atoms in total. The van der Waals surface area contributed by atoms with Crippen LogP contribution in [0.3, 0.4) is 0 Å². The van der Waals surface area contributed by atoms with E-state index in [9.17, 15) is 24.3 Å². The van der Waals surface area contributed by atoms with Crippen molar-refractivity contribution in [3.8, 4) is 11.5 Å². The van der Waals surface area contributed by atoms with Crippen molar-refractivity contribution >= 4 is 11.6 Å². The molecule has 0 radical (unpaired) electrons. The Morgan fingerprint density at radius 1 is 1.12 bits per heavy atom. The maximum Gasteiger partial charge on any atom is 0.347 e. The van der Waals surface area contributed by atoms with Gasteiger partial charge in [0.05, 0.1) is 19.7 Å². The van der Waals surface area contributed by atoms with Gasteiger partial charge in [-0.15, -0.1) is 0 Å². The van der Waals surface area contributed by atoms with Crippen molar-refractivity contribution in [2.45, 2.75) is 31.8 Å². The number of fused-ring (bicyclic) bond motifs is 3. The summed E-state index contributed by atoms with van der Waals surface area (Å²) < 4.78 is 9.04. The Bertz CT molecular complexity index is 1430. The molecule has 3 aliphatic rings. The van der Waals surface area contributed by atoms with Gasteiger partial charge in [-0.2, -0.15) is 0 Å². The van der Waals surface area contributed by atoms with Crippen molar-refractivity contribution < 1.29 is 19.4 Å². The summed E-state index contributed by atoms with van der Waals surface area (Å²) in [6, 6.07) is 4.19. The minimum atomic E-state index is -0.616. The molecule has 5 rings (SSSR count). The summed E-state index contributed by atoms with van der Waals surface area (Å²) in [6.45, 7) is 1.77. The summed E-state index contributed by atoms with van der Waals surface area (Å²) in [4.78, 5) is 51.6. The fourth-order valence-electron chi connectivity index (χ4n) is 5.02. The summed E-state index contributed by atoms with van der Waals surface area (Å²) in [5, 5.41) is 10.1. The molecule has 2 atom stereocenters. The zero-order valence-electron chi connectivity index (χ0n) is 17.8. The normalized spacial score (nSPS) is 22.1. The van der Waals surface area contributed by atoms with Crippen LogP contribution >= 0.6 is 0 Å². The van der Waals surface area contributed by atoms with Gasteiger partial charge in [-0.1, -0.05) is 12.1 Å². The van der Waals surface area contributed by atoms with Crippen LogP contribution in [-0.2, 0) is 23.2 Å². The van der Waals surface area contributed by atoms with Gasteiger partial charge in [0, 0.05) is 36.1 Å². The Labute approximate surface area is 182 Å². The molecule has 9 heteroatoms. The molecular weight excluding hydrogens is 414 g/mol.